The molecular weight excluding hydrogens is 168 g/mol. The summed E-state index contributed by atoms with van der Waals surface area (Å²) < 4.78 is 10.9. The molecule has 2 nitrogen and oxygen atoms in total. The van der Waals surface area contributed by atoms with Gasteiger partial charge < -0.3 is 8.85 Å². The van der Waals surface area contributed by atoms with Gasteiger partial charge in [0, 0.05) is 14.2 Å². The Balaban J connectivity index is 4.11. The van der Waals surface area contributed by atoms with E-state index in [1.54, 1.807) is 14.2 Å². The Bertz CT molecular complexity index is 122. The van der Waals surface area contributed by atoms with Gasteiger partial charge in [-0.05, 0) is 24.4 Å². The quantitative estimate of drug-likeness (QED) is 0.621. The summed E-state index contributed by atoms with van der Waals surface area (Å²) in [5.41, 5.74) is 0.562. The third-order valence-electron chi connectivity index (χ3n) is 2.53. The molecule has 0 rings (SSSR count). The molecule has 0 N–H and O–H groups in total. The summed E-state index contributed by atoms with van der Waals surface area (Å²) in [5, 5.41) is 0. The zero-order chi connectivity index (χ0) is 9.78. The van der Waals surface area contributed by atoms with E-state index in [2.05, 4.69) is 27.3 Å². The van der Waals surface area contributed by atoms with Gasteiger partial charge in [-0.25, -0.2) is 0 Å². The Kier molecular flexibility index (Phi) is 5.05. The van der Waals surface area contributed by atoms with Crippen LogP contribution in [0.15, 0.2) is 0 Å². The number of hydrogen-bond donors (Lipinski definition) is 0. The first kappa shape index (κ1) is 12.1. The van der Waals surface area contributed by atoms with Crippen molar-refractivity contribution in [3.05, 3.63) is 0 Å². The molecule has 0 heterocycles. The van der Waals surface area contributed by atoms with Crippen molar-refractivity contribution in [3.63, 3.8) is 0 Å². The minimum absolute atomic E-state index is 0.562. The highest BCUT2D eigenvalue weighted by Crippen LogP contribution is 2.28. The fourth-order valence-electron chi connectivity index (χ4n) is 1.41. The average Bonchev–Trinajstić information content (AvgIpc) is 2.02. The van der Waals surface area contributed by atoms with Crippen molar-refractivity contribution in [3.8, 4) is 0 Å². The first-order chi connectivity index (χ1) is 5.46. The fourth-order valence-corrected chi connectivity index (χ4v) is 3.28. The molecule has 0 bridgehead atoms. The molecule has 12 heavy (non-hydrogen) atoms. The minimum Gasteiger partial charge on any atom is -0.398 e. The fraction of sp³-hybridized carbons (Fsp3) is 1.00. The number of hydrogen-bond acceptors (Lipinski definition) is 2. The highest BCUT2D eigenvalue weighted by molar-refractivity contribution is 6.67. The van der Waals surface area contributed by atoms with E-state index in [-0.39, 0.29) is 0 Å². The van der Waals surface area contributed by atoms with Gasteiger partial charge in [0.05, 0.1) is 0 Å². The standard InChI is InChI=1S/C9H22O2Si/c1-8(2)7-9(3)12(6,10-4)11-5/h8-9H,7H2,1-6H3. The van der Waals surface area contributed by atoms with E-state index in [1.807, 2.05) is 0 Å². The van der Waals surface area contributed by atoms with Gasteiger partial charge in [-0.1, -0.05) is 20.8 Å². The van der Waals surface area contributed by atoms with Crippen LogP contribution >= 0.6 is 0 Å². The average molecular weight is 190 g/mol. The summed E-state index contributed by atoms with van der Waals surface area (Å²) in [5.74, 6) is 0.720. The monoisotopic (exact) mass is 190 g/mol. The van der Waals surface area contributed by atoms with Gasteiger partial charge in [-0.15, -0.1) is 0 Å². The van der Waals surface area contributed by atoms with Crippen molar-refractivity contribution < 1.29 is 8.85 Å². The second kappa shape index (κ2) is 4.99. The van der Waals surface area contributed by atoms with Gasteiger partial charge in [0.1, 0.15) is 0 Å². The lowest BCUT2D eigenvalue weighted by Crippen LogP contribution is -2.41. The van der Waals surface area contributed by atoms with Crippen LogP contribution in [0, 0.1) is 5.92 Å². The van der Waals surface area contributed by atoms with Crippen molar-refractivity contribution in [2.75, 3.05) is 14.2 Å². The summed E-state index contributed by atoms with van der Waals surface area (Å²) in [7, 11) is 1.65. The van der Waals surface area contributed by atoms with Gasteiger partial charge in [0.15, 0.2) is 0 Å². The molecule has 0 radical (unpaired) electrons. The maximum absolute atomic E-state index is 5.47. The molecule has 3 heteroatoms. The van der Waals surface area contributed by atoms with Crippen molar-refractivity contribution in [1.82, 2.24) is 0 Å². The second-order valence-electron chi connectivity index (χ2n) is 3.95. The zero-order valence-electron chi connectivity index (χ0n) is 9.18. The second-order valence-corrected chi connectivity index (χ2v) is 7.79. The molecule has 0 saturated carbocycles. The molecule has 0 saturated heterocycles. The third kappa shape index (κ3) is 3.25. The Morgan fingerprint density at radius 2 is 1.50 bits per heavy atom. The van der Waals surface area contributed by atoms with Crippen LogP contribution in [0.2, 0.25) is 12.1 Å². The molecule has 0 spiro atoms. The van der Waals surface area contributed by atoms with Gasteiger partial charge in [0.2, 0.25) is 0 Å². The van der Waals surface area contributed by atoms with Crippen molar-refractivity contribution in [2.24, 2.45) is 5.92 Å². The van der Waals surface area contributed by atoms with E-state index < -0.39 is 8.56 Å². The first-order valence-electron chi connectivity index (χ1n) is 4.56. The predicted molar refractivity (Wildman–Crippen MR) is 54.5 cm³/mol. The molecule has 0 aliphatic rings. The van der Waals surface area contributed by atoms with Crippen LogP contribution in [0.3, 0.4) is 0 Å². The Labute approximate surface area is 77.5 Å². The van der Waals surface area contributed by atoms with Gasteiger partial charge >= 0.3 is 8.56 Å². The molecule has 74 valence electrons. The molecule has 0 amide bonds. The van der Waals surface area contributed by atoms with Crippen LogP contribution < -0.4 is 0 Å². The van der Waals surface area contributed by atoms with Crippen LogP contribution in [-0.4, -0.2) is 22.8 Å². The molecule has 0 aromatic carbocycles. The lowest BCUT2D eigenvalue weighted by molar-refractivity contribution is 0.233. The summed E-state index contributed by atoms with van der Waals surface area (Å²) in [6.07, 6.45) is 1.18. The van der Waals surface area contributed by atoms with E-state index in [4.69, 9.17) is 8.85 Å². The smallest absolute Gasteiger partial charge is 0.337 e. The van der Waals surface area contributed by atoms with Crippen LogP contribution in [0.5, 0.6) is 0 Å². The van der Waals surface area contributed by atoms with Crippen LogP contribution in [0.4, 0.5) is 0 Å². The van der Waals surface area contributed by atoms with Crippen LogP contribution in [0.1, 0.15) is 27.2 Å². The molecule has 0 aliphatic heterocycles. The van der Waals surface area contributed by atoms with Gasteiger partial charge in [-0.2, -0.15) is 0 Å². The molecule has 0 aliphatic carbocycles. The molecule has 1 atom stereocenters. The number of rotatable bonds is 5. The van der Waals surface area contributed by atoms with Crippen molar-refractivity contribution >= 4 is 8.56 Å². The molecule has 1 unspecified atom stereocenters. The topological polar surface area (TPSA) is 18.5 Å². The van der Waals surface area contributed by atoms with E-state index >= 15 is 0 Å². The Morgan fingerprint density at radius 3 is 1.75 bits per heavy atom. The maximum atomic E-state index is 5.47. The lowest BCUT2D eigenvalue weighted by atomic mass is 10.1. The van der Waals surface area contributed by atoms with E-state index in [1.165, 1.54) is 6.42 Å². The summed E-state index contributed by atoms with van der Waals surface area (Å²) in [6, 6.07) is 0. The molecule has 0 aromatic heterocycles. The maximum Gasteiger partial charge on any atom is 0.337 e. The normalized spacial score (nSPS) is 15.2. The summed E-state index contributed by atoms with van der Waals surface area (Å²) in [6.45, 7) is 8.81. The van der Waals surface area contributed by atoms with E-state index in [0.29, 0.717) is 5.54 Å². The zero-order valence-corrected chi connectivity index (χ0v) is 10.2. The van der Waals surface area contributed by atoms with Gasteiger partial charge in [0.25, 0.3) is 0 Å². The predicted octanol–water partition coefficient (Wildman–Crippen LogP) is 2.79. The molecule has 0 aromatic rings. The Morgan fingerprint density at radius 1 is 1.08 bits per heavy atom. The first-order valence-corrected chi connectivity index (χ1v) is 6.96. The third-order valence-corrected chi connectivity index (χ3v) is 6.18. The highest BCUT2D eigenvalue weighted by atomic mass is 28.4. The Hall–Kier alpha value is 0.137. The minimum atomic E-state index is -1.86. The van der Waals surface area contributed by atoms with Crippen molar-refractivity contribution in [1.29, 1.82) is 0 Å². The molecular formula is C9H22O2Si. The molecule has 0 fully saturated rings. The summed E-state index contributed by atoms with van der Waals surface area (Å²) in [4.78, 5) is 0. The van der Waals surface area contributed by atoms with Gasteiger partial charge in [-0.3, -0.25) is 0 Å². The SMILES string of the molecule is CO[Si](C)(OC)C(C)CC(C)C. The van der Waals surface area contributed by atoms with Crippen molar-refractivity contribution in [2.45, 2.75) is 39.3 Å². The summed E-state index contributed by atoms with van der Waals surface area (Å²) >= 11 is 0. The van der Waals surface area contributed by atoms with E-state index in [9.17, 15) is 0 Å². The largest absolute Gasteiger partial charge is 0.398 e. The van der Waals surface area contributed by atoms with Crippen LogP contribution in [0.25, 0.3) is 0 Å². The lowest BCUT2D eigenvalue weighted by Gasteiger charge is -2.30. The van der Waals surface area contributed by atoms with E-state index in [0.717, 1.165) is 5.92 Å². The highest BCUT2D eigenvalue weighted by Gasteiger charge is 2.36. The van der Waals surface area contributed by atoms with Crippen LogP contribution in [-0.2, 0) is 8.85 Å².